The van der Waals surface area contributed by atoms with Crippen LogP contribution in [0.1, 0.15) is 27.8 Å². The molecule has 4 rings (SSSR count). The van der Waals surface area contributed by atoms with Crippen LogP contribution in [-0.2, 0) is 19.6 Å². The minimum Gasteiger partial charge on any atom is -0.488 e. The van der Waals surface area contributed by atoms with E-state index in [1.165, 1.54) is 16.4 Å². The normalized spacial score (nSPS) is 11.2. The highest BCUT2D eigenvalue weighted by Crippen LogP contribution is 2.25. The topological polar surface area (TPSA) is 29.5 Å². The van der Waals surface area contributed by atoms with Gasteiger partial charge in [-0.15, -0.1) is 0 Å². The Labute approximate surface area is 186 Å². The van der Waals surface area contributed by atoms with Crippen molar-refractivity contribution in [2.75, 3.05) is 0 Å². The van der Waals surface area contributed by atoms with Crippen molar-refractivity contribution in [2.24, 2.45) is 0 Å². The highest BCUT2D eigenvalue weighted by atomic mass is 31.1. The molecule has 0 radical (unpaired) electrons. The third-order valence-corrected chi connectivity index (χ3v) is 6.65. The lowest BCUT2D eigenvalue weighted by Gasteiger charge is -2.16. The van der Waals surface area contributed by atoms with Crippen molar-refractivity contribution < 1.29 is 9.84 Å². The monoisotopic (exact) mass is 426 g/mol. The number of rotatable bonds is 8. The van der Waals surface area contributed by atoms with E-state index >= 15 is 0 Å². The number of aryl methyl sites for hydroxylation is 1. The minimum atomic E-state index is 0.0495. The Hall–Kier alpha value is -2.93. The summed E-state index contributed by atoms with van der Waals surface area (Å²) in [5.74, 6) is 0.906. The molecule has 2 nitrogen and oxygen atoms in total. The van der Waals surface area contributed by atoms with Crippen LogP contribution in [-0.4, -0.2) is 5.11 Å². The van der Waals surface area contributed by atoms with Crippen LogP contribution in [0.3, 0.4) is 0 Å². The summed E-state index contributed by atoms with van der Waals surface area (Å²) in [6, 6.07) is 33.6. The maximum Gasteiger partial charge on any atom is 0.127 e. The zero-order valence-electron chi connectivity index (χ0n) is 17.7. The molecular weight excluding hydrogens is 399 g/mol. The van der Waals surface area contributed by atoms with Gasteiger partial charge in [0.15, 0.2) is 0 Å². The second-order valence-electron chi connectivity index (χ2n) is 7.71. The van der Waals surface area contributed by atoms with E-state index in [0.717, 1.165) is 34.2 Å². The van der Waals surface area contributed by atoms with E-state index in [4.69, 9.17) is 4.74 Å². The quantitative estimate of drug-likeness (QED) is 0.388. The molecule has 1 atom stereocenters. The predicted molar refractivity (Wildman–Crippen MR) is 131 cm³/mol. The van der Waals surface area contributed by atoms with Crippen molar-refractivity contribution >= 4 is 19.2 Å². The number of aliphatic hydroxyl groups excluding tert-OH is 1. The number of ether oxygens (including phenoxy) is 1. The molecule has 0 saturated heterocycles. The van der Waals surface area contributed by atoms with Gasteiger partial charge in [0.1, 0.15) is 12.4 Å². The van der Waals surface area contributed by atoms with Gasteiger partial charge in [0, 0.05) is 5.30 Å². The Morgan fingerprint density at radius 1 is 0.710 bits per heavy atom. The molecule has 0 amide bonds. The van der Waals surface area contributed by atoms with E-state index in [9.17, 15) is 5.11 Å². The third kappa shape index (κ3) is 5.82. The molecule has 156 valence electrons. The summed E-state index contributed by atoms with van der Waals surface area (Å²) in [6.07, 6.45) is 0.887. The summed E-state index contributed by atoms with van der Waals surface area (Å²) in [5, 5.41) is 12.2. The lowest BCUT2D eigenvalue weighted by atomic mass is 10.1. The first kappa shape index (κ1) is 21.3. The van der Waals surface area contributed by atoms with Crippen LogP contribution in [0.15, 0.2) is 97.1 Å². The van der Waals surface area contributed by atoms with Crippen molar-refractivity contribution in [3.05, 3.63) is 125 Å². The van der Waals surface area contributed by atoms with Crippen LogP contribution in [0.2, 0.25) is 0 Å². The minimum absolute atomic E-state index is 0.0495. The summed E-state index contributed by atoms with van der Waals surface area (Å²) in [5.41, 5.74) is 5.85. The first-order valence-corrected chi connectivity index (χ1v) is 11.5. The average Bonchev–Trinajstić information content (AvgIpc) is 2.81. The van der Waals surface area contributed by atoms with Crippen molar-refractivity contribution in [3.8, 4) is 5.75 Å². The van der Waals surface area contributed by atoms with Crippen LogP contribution < -0.4 is 15.3 Å². The molecule has 0 aliphatic carbocycles. The van der Waals surface area contributed by atoms with Crippen molar-refractivity contribution in [2.45, 2.75) is 26.6 Å². The first-order chi connectivity index (χ1) is 15.2. The van der Waals surface area contributed by atoms with Gasteiger partial charge in [0.2, 0.25) is 0 Å². The van der Waals surface area contributed by atoms with Gasteiger partial charge in [-0.2, -0.15) is 0 Å². The maximum absolute atomic E-state index is 9.86. The number of benzene rings is 4. The SMILES string of the molecule is Cc1ccc(Pc2cc(Cc3ccccc3)ccc2OCc2ccccc2)c(CO)c1. The molecule has 4 aromatic rings. The van der Waals surface area contributed by atoms with E-state index in [2.05, 4.69) is 79.7 Å². The molecular formula is C28H27O2P. The Kier molecular flexibility index (Phi) is 7.14. The second kappa shape index (κ2) is 10.4. The molecule has 0 spiro atoms. The molecule has 0 fully saturated rings. The van der Waals surface area contributed by atoms with E-state index in [1.54, 1.807) is 0 Å². The van der Waals surface area contributed by atoms with E-state index in [-0.39, 0.29) is 6.61 Å². The molecule has 0 saturated carbocycles. The van der Waals surface area contributed by atoms with E-state index in [0.29, 0.717) is 15.2 Å². The van der Waals surface area contributed by atoms with Gasteiger partial charge in [0.05, 0.1) is 6.61 Å². The van der Waals surface area contributed by atoms with Gasteiger partial charge in [-0.1, -0.05) is 99.1 Å². The summed E-state index contributed by atoms with van der Waals surface area (Å²) < 4.78 is 6.24. The Bertz CT molecular complexity index is 1120. The summed E-state index contributed by atoms with van der Waals surface area (Å²) in [4.78, 5) is 0. The molecule has 3 heteroatoms. The summed E-state index contributed by atoms with van der Waals surface area (Å²) in [7, 11) is 0.417. The Morgan fingerprint density at radius 2 is 1.42 bits per heavy atom. The zero-order chi connectivity index (χ0) is 21.5. The molecule has 4 aromatic carbocycles. The second-order valence-corrected chi connectivity index (χ2v) is 9.04. The van der Waals surface area contributed by atoms with Crippen molar-refractivity contribution in [3.63, 3.8) is 0 Å². The molecule has 31 heavy (non-hydrogen) atoms. The van der Waals surface area contributed by atoms with Crippen LogP contribution >= 0.6 is 8.58 Å². The van der Waals surface area contributed by atoms with E-state index in [1.807, 2.05) is 24.3 Å². The molecule has 0 bridgehead atoms. The predicted octanol–water partition coefficient (Wildman–Crippen LogP) is 5.29. The molecule has 1 N–H and O–H groups in total. The highest BCUT2D eigenvalue weighted by Gasteiger charge is 2.11. The highest BCUT2D eigenvalue weighted by molar-refractivity contribution is 7.55. The summed E-state index contributed by atoms with van der Waals surface area (Å²) in [6.45, 7) is 2.64. The van der Waals surface area contributed by atoms with E-state index < -0.39 is 0 Å². The van der Waals surface area contributed by atoms with Gasteiger partial charge >= 0.3 is 0 Å². The van der Waals surface area contributed by atoms with Crippen molar-refractivity contribution in [1.29, 1.82) is 0 Å². The average molecular weight is 426 g/mol. The fraction of sp³-hybridized carbons (Fsp3) is 0.143. The first-order valence-electron chi connectivity index (χ1n) is 10.5. The molecule has 0 aliphatic rings. The fourth-order valence-corrected chi connectivity index (χ4v) is 4.90. The van der Waals surface area contributed by atoms with Gasteiger partial charge in [-0.05, 0) is 53.0 Å². The molecule has 0 aromatic heterocycles. The van der Waals surface area contributed by atoms with Crippen LogP contribution in [0.5, 0.6) is 5.75 Å². The maximum atomic E-state index is 9.86. The summed E-state index contributed by atoms with van der Waals surface area (Å²) >= 11 is 0. The smallest absolute Gasteiger partial charge is 0.127 e. The van der Waals surface area contributed by atoms with Crippen molar-refractivity contribution in [1.82, 2.24) is 0 Å². The molecule has 0 heterocycles. The lowest BCUT2D eigenvalue weighted by Crippen LogP contribution is -2.13. The largest absolute Gasteiger partial charge is 0.488 e. The van der Waals surface area contributed by atoms with Gasteiger partial charge in [0.25, 0.3) is 0 Å². The standard InChI is InChI=1S/C28H27O2P/c1-21-12-15-27(25(16-21)19-29)31-28-18-24(17-22-8-4-2-5-9-22)13-14-26(28)30-20-23-10-6-3-7-11-23/h2-16,18,29,31H,17,19-20H2,1H3. The zero-order valence-corrected chi connectivity index (χ0v) is 18.7. The number of aliphatic hydroxyl groups is 1. The van der Waals surface area contributed by atoms with Crippen LogP contribution in [0.4, 0.5) is 0 Å². The van der Waals surface area contributed by atoms with Crippen LogP contribution in [0, 0.1) is 6.92 Å². The Balaban J connectivity index is 1.63. The third-order valence-electron chi connectivity index (χ3n) is 5.23. The number of hydrogen-bond donors (Lipinski definition) is 1. The van der Waals surface area contributed by atoms with Gasteiger partial charge in [-0.3, -0.25) is 0 Å². The molecule has 0 aliphatic heterocycles. The van der Waals surface area contributed by atoms with Crippen LogP contribution in [0.25, 0.3) is 0 Å². The number of hydrogen-bond acceptors (Lipinski definition) is 2. The van der Waals surface area contributed by atoms with Gasteiger partial charge in [-0.25, -0.2) is 0 Å². The van der Waals surface area contributed by atoms with Gasteiger partial charge < -0.3 is 9.84 Å². The Morgan fingerprint density at radius 3 is 2.13 bits per heavy atom. The lowest BCUT2D eigenvalue weighted by molar-refractivity contribution is 0.283. The fourth-order valence-electron chi connectivity index (χ4n) is 3.60. The molecule has 1 unspecified atom stereocenters.